The van der Waals surface area contributed by atoms with Crippen LogP contribution in [0.3, 0.4) is 0 Å². The number of aromatic nitrogens is 1. The molecule has 0 unspecified atom stereocenters. The van der Waals surface area contributed by atoms with Crippen LogP contribution < -0.4 is 10.2 Å². The second-order valence-corrected chi connectivity index (χ2v) is 11.0. The summed E-state index contributed by atoms with van der Waals surface area (Å²) in [7, 11) is 1.41. The topological polar surface area (TPSA) is 80.6 Å². The number of nitrogens with one attached hydrogen (secondary N) is 1. The highest BCUT2D eigenvalue weighted by molar-refractivity contribution is 7.80. The van der Waals surface area contributed by atoms with Gasteiger partial charge in [0.25, 0.3) is 11.8 Å². The average molecular weight is 548 g/mol. The lowest BCUT2D eigenvalue weighted by molar-refractivity contribution is -0.122. The molecule has 7 nitrogen and oxygen atoms in total. The Hall–Kier alpha value is -3.56. The second-order valence-electron chi connectivity index (χ2n) is 9.52. The minimum atomic E-state index is -0.534. The Labute approximate surface area is 231 Å². The highest BCUT2D eigenvalue weighted by Crippen LogP contribution is 2.39. The van der Waals surface area contributed by atoms with Gasteiger partial charge in [0.1, 0.15) is 10.6 Å². The number of fused-ring (bicyclic) bond motifs is 1. The molecule has 9 heteroatoms. The first-order valence-electron chi connectivity index (χ1n) is 12.7. The van der Waals surface area contributed by atoms with E-state index in [1.807, 2.05) is 48.7 Å². The summed E-state index contributed by atoms with van der Waals surface area (Å²) in [4.78, 5) is 41.9. The van der Waals surface area contributed by atoms with Crippen molar-refractivity contribution < 1.29 is 19.1 Å². The zero-order valence-corrected chi connectivity index (χ0v) is 23.5. The summed E-state index contributed by atoms with van der Waals surface area (Å²) in [5.74, 6) is -1.35. The third-order valence-corrected chi connectivity index (χ3v) is 8.78. The fourth-order valence-electron chi connectivity index (χ4n) is 5.20. The monoisotopic (exact) mass is 547 g/mol. The van der Waals surface area contributed by atoms with E-state index in [9.17, 15) is 14.4 Å². The summed E-state index contributed by atoms with van der Waals surface area (Å²) < 4.78 is 7.19. The molecule has 1 fully saturated rings. The minimum Gasteiger partial charge on any atom is -0.465 e. The molecule has 1 aliphatic heterocycles. The highest BCUT2D eigenvalue weighted by Gasteiger charge is 2.35. The Morgan fingerprint density at radius 2 is 1.87 bits per heavy atom. The maximum absolute atomic E-state index is 13.5. The maximum atomic E-state index is 13.5. The van der Waals surface area contributed by atoms with Crippen molar-refractivity contribution in [1.29, 1.82) is 0 Å². The van der Waals surface area contributed by atoms with Gasteiger partial charge in [0.05, 0.1) is 18.4 Å². The first-order chi connectivity index (χ1) is 18.2. The number of carbonyl (C=O) groups is 3. The lowest BCUT2D eigenvalue weighted by Crippen LogP contribution is -2.54. The number of thiocarbonyl (C=S) groups is 1. The lowest BCUT2D eigenvalue weighted by Gasteiger charge is -2.29. The standard InChI is InChI=1S/C29H29N3O4S2/c1-5-18-10-12-20(13-11-18)32-26(34)22(25(33)30-29(32)37)15-19-14-16(2)31(17(19)3)27-24(28(35)36-4)21-8-6-7-9-23(21)38-27/h10-15H,5-9H2,1-4H3,(H,30,33,37)/b22-15+. The van der Waals surface area contributed by atoms with E-state index in [4.69, 9.17) is 17.0 Å². The fourth-order valence-corrected chi connectivity index (χ4v) is 6.96. The number of nitrogens with zero attached hydrogens (tertiary/aromatic N) is 2. The zero-order valence-electron chi connectivity index (χ0n) is 21.8. The van der Waals surface area contributed by atoms with Crippen LogP contribution in [0, 0.1) is 13.8 Å². The van der Waals surface area contributed by atoms with Crippen LogP contribution in [0.2, 0.25) is 0 Å². The molecule has 0 saturated carbocycles. The summed E-state index contributed by atoms with van der Waals surface area (Å²) in [6.07, 6.45) is 6.44. The highest BCUT2D eigenvalue weighted by atomic mass is 32.1. The molecule has 1 aliphatic carbocycles. The smallest absolute Gasteiger partial charge is 0.341 e. The van der Waals surface area contributed by atoms with Gasteiger partial charge in [-0.05, 0) is 99.1 Å². The first-order valence-corrected chi connectivity index (χ1v) is 13.9. The molecule has 1 N–H and O–H groups in total. The minimum absolute atomic E-state index is 0.00270. The van der Waals surface area contributed by atoms with Crippen LogP contribution in [0.15, 0.2) is 35.9 Å². The van der Waals surface area contributed by atoms with Gasteiger partial charge in [-0.25, -0.2) is 4.79 Å². The van der Waals surface area contributed by atoms with E-state index in [-0.39, 0.29) is 16.7 Å². The summed E-state index contributed by atoms with van der Waals surface area (Å²) in [5.41, 5.74) is 5.87. The van der Waals surface area contributed by atoms with Crippen molar-refractivity contribution in [3.63, 3.8) is 0 Å². The molecule has 1 saturated heterocycles. The first kappa shape index (κ1) is 26.1. The molecule has 5 rings (SSSR count). The summed E-state index contributed by atoms with van der Waals surface area (Å²) in [6.45, 7) is 5.94. The fraction of sp³-hybridized carbons (Fsp3) is 0.310. The summed E-state index contributed by atoms with van der Waals surface area (Å²) in [6, 6.07) is 9.47. The van der Waals surface area contributed by atoms with Gasteiger partial charge in [0.15, 0.2) is 5.11 Å². The maximum Gasteiger partial charge on any atom is 0.341 e. The second kappa shape index (κ2) is 10.3. The summed E-state index contributed by atoms with van der Waals surface area (Å²) >= 11 is 6.97. The molecule has 0 atom stereocenters. The Bertz CT molecular complexity index is 1510. The van der Waals surface area contributed by atoms with Crippen LogP contribution in [0.1, 0.15) is 63.1 Å². The predicted octanol–water partition coefficient (Wildman–Crippen LogP) is 5.21. The van der Waals surface area contributed by atoms with Gasteiger partial charge in [-0.3, -0.25) is 19.8 Å². The van der Waals surface area contributed by atoms with Gasteiger partial charge in [0, 0.05) is 16.3 Å². The molecule has 0 radical (unpaired) electrons. The van der Waals surface area contributed by atoms with Gasteiger partial charge in [0.2, 0.25) is 0 Å². The Morgan fingerprint density at radius 1 is 1.16 bits per heavy atom. The molecule has 2 aliphatic rings. The van der Waals surface area contributed by atoms with Crippen molar-refractivity contribution in [2.45, 2.75) is 52.9 Å². The van der Waals surface area contributed by atoms with Crippen molar-refractivity contribution in [1.82, 2.24) is 9.88 Å². The molecule has 0 spiro atoms. The number of anilines is 1. The van der Waals surface area contributed by atoms with E-state index in [1.54, 1.807) is 17.4 Å². The quantitative estimate of drug-likeness (QED) is 0.205. The van der Waals surface area contributed by atoms with Crippen molar-refractivity contribution in [2.75, 3.05) is 12.0 Å². The third kappa shape index (κ3) is 4.39. The van der Waals surface area contributed by atoms with Crippen molar-refractivity contribution in [3.05, 3.63) is 74.4 Å². The number of hydrogen-bond donors (Lipinski definition) is 1. The predicted molar refractivity (Wildman–Crippen MR) is 153 cm³/mol. The number of carbonyl (C=O) groups excluding carboxylic acids is 3. The van der Waals surface area contributed by atoms with E-state index in [0.29, 0.717) is 11.3 Å². The van der Waals surface area contributed by atoms with E-state index in [2.05, 4.69) is 12.2 Å². The van der Waals surface area contributed by atoms with Crippen molar-refractivity contribution in [2.24, 2.45) is 0 Å². The van der Waals surface area contributed by atoms with E-state index >= 15 is 0 Å². The van der Waals surface area contributed by atoms with Crippen LogP contribution in [-0.2, 0) is 33.6 Å². The van der Waals surface area contributed by atoms with Gasteiger partial charge in [-0.15, -0.1) is 11.3 Å². The Balaban J connectivity index is 1.57. The largest absolute Gasteiger partial charge is 0.465 e. The molecular weight excluding hydrogens is 518 g/mol. The van der Waals surface area contributed by atoms with Gasteiger partial charge >= 0.3 is 5.97 Å². The number of benzene rings is 1. The van der Waals surface area contributed by atoms with Crippen LogP contribution in [0.25, 0.3) is 11.1 Å². The van der Waals surface area contributed by atoms with E-state index < -0.39 is 11.8 Å². The number of methoxy groups -OCH3 is 1. The number of amides is 2. The van der Waals surface area contributed by atoms with Crippen molar-refractivity contribution in [3.8, 4) is 5.00 Å². The van der Waals surface area contributed by atoms with E-state index in [0.717, 1.165) is 65.2 Å². The molecule has 196 valence electrons. The average Bonchev–Trinajstić information content (AvgIpc) is 3.42. The van der Waals surface area contributed by atoms with Crippen LogP contribution in [0.5, 0.6) is 0 Å². The molecule has 3 heterocycles. The Kier molecular flexibility index (Phi) is 7.07. The number of hydrogen-bond acceptors (Lipinski definition) is 6. The van der Waals surface area contributed by atoms with Crippen LogP contribution in [0.4, 0.5) is 5.69 Å². The number of thiophene rings is 1. The third-order valence-electron chi connectivity index (χ3n) is 7.22. The normalized spacial score (nSPS) is 16.6. The van der Waals surface area contributed by atoms with Gasteiger partial charge in [-0.1, -0.05) is 19.1 Å². The summed E-state index contributed by atoms with van der Waals surface area (Å²) in [5, 5.41) is 3.53. The van der Waals surface area contributed by atoms with Gasteiger partial charge < -0.3 is 9.30 Å². The van der Waals surface area contributed by atoms with E-state index in [1.165, 1.54) is 16.9 Å². The number of rotatable bonds is 5. The number of ether oxygens (including phenoxy) is 1. The molecular formula is C29H29N3O4S2. The lowest BCUT2D eigenvalue weighted by atomic mass is 9.95. The molecule has 0 bridgehead atoms. The van der Waals surface area contributed by atoms with Crippen LogP contribution >= 0.6 is 23.6 Å². The number of aryl methyl sites for hydroxylation is 3. The van der Waals surface area contributed by atoms with Crippen LogP contribution in [-0.4, -0.2) is 34.6 Å². The SMILES string of the molecule is CCc1ccc(N2C(=O)/C(=C/c3cc(C)n(-c4sc5c(c4C(=O)OC)CCCC5)c3C)C(=O)NC2=S)cc1. The Morgan fingerprint density at radius 3 is 2.55 bits per heavy atom. The number of esters is 1. The molecule has 38 heavy (non-hydrogen) atoms. The molecule has 3 aromatic rings. The van der Waals surface area contributed by atoms with Gasteiger partial charge in [-0.2, -0.15) is 0 Å². The molecule has 1 aromatic carbocycles. The van der Waals surface area contributed by atoms with Crippen molar-refractivity contribution >= 4 is 58.2 Å². The zero-order chi connectivity index (χ0) is 27.1. The molecule has 2 amide bonds. The molecule has 2 aromatic heterocycles.